The Bertz CT molecular complexity index is 1240. The zero-order valence-electron chi connectivity index (χ0n) is 22.5. The van der Waals surface area contributed by atoms with E-state index in [-0.39, 0.29) is 12.1 Å². The molecular weight excluding hydrogens is 595 g/mol. The summed E-state index contributed by atoms with van der Waals surface area (Å²) in [5.74, 6) is 2.51. The predicted octanol–water partition coefficient (Wildman–Crippen LogP) is 4.07. The quantitative estimate of drug-likeness (QED) is 0.213. The van der Waals surface area contributed by atoms with Crippen LogP contribution in [0, 0.1) is 0 Å². The van der Waals surface area contributed by atoms with Gasteiger partial charge in [-0.15, -0.1) is 0 Å². The number of rotatable bonds is 9. The molecule has 1 aromatic carbocycles. The van der Waals surface area contributed by atoms with Crippen molar-refractivity contribution in [3.63, 3.8) is 0 Å². The lowest BCUT2D eigenvalue weighted by molar-refractivity contribution is 0.0973. The first-order chi connectivity index (χ1) is 18.6. The number of anilines is 2. The highest BCUT2D eigenvalue weighted by Gasteiger charge is 2.27. The summed E-state index contributed by atoms with van der Waals surface area (Å²) in [6.45, 7) is 10.3. The first-order valence-corrected chi connectivity index (χ1v) is 14.9. The van der Waals surface area contributed by atoms with Crippen molar-refractivity contribution >= 4 is 45.4 Å². The fourth-order valence-electron chi connectivity index (χ4n) is 5.05. The normalized spacial score (nSPS) is 20.2. The molecule has 0 saturated carbocycles. The number of methoxy groups -OCH3 is 1. The van der Waals surface area contributed by atoms with Crippen molar-refractivity contribution in [2.24, 2.45) is 0 Å². The van der Waals surface area contributed by atoms with E-state index in [4.69, 9.17) is 29.2 Å². The minimum absolute atomic E-state index is 0.197. The average molecular weight is 633 g/mol. The SMILES string of the molecule is COc1ccc(-c2ccc3c(N4CCOC[C@@H]4C)nc(N4CCOC[C@@H]4C)nc3n2)cc1CNCCCI. The van der Waals surface area contributed by atoms with E-state index in [1.165, 1.54) is 0 Å². The van der Waals surface area contributed by atoms with E-state index in [0.717, 1.165) is 70.8 Å². The molecule has 2 aliphatic rings. The topological polar surface area (TPSA) is 84.9 Å². The fourth-order valence-corrected chi connectivity index (χ4v) is 5.43. The number of pyridine rings is 1. The minimum Gasteiger partial charge on any atom is -0.496 e. The number of benzene rings is 1. The minimum atomic E-state index is 0.197. The molecule has 0 radical (unpaired) electrons. The van der Waals surface area contributed by atoms with Crippen LogP contribution in [0.4, 0.5) is 11.8 Å². The average Bonchev–Trinajstić information content (AvgIpc) is 2.95. The summed E-state index contributed by atoms with van der Waals surface area (Å²) < 4.78 is 18.2. The second kappa shape index (κ2) is 12.7. The van der Waals surface area contributed by atoms with Crippen LogP contribution in [-0.2, 0) is 16.0 Å². The maximum absolute atomic E-state index is 5.71. The molecule has 0 bridgehead atoms. The Hall–Kier alpha value is -2.28. The van der Waals surface area contributed by atoms with Gasteiger partial charge in [0.2, 0.25) is 5.95 Å². The van der Waals surface area contributed by atoms with Gasteiger partial charge in [-0.25, -0.2) is 4.98 Å². The Kier molecular flexibility index (Phi) is 9.13. The highest BCUT2D eigenvalue weighted by molar-refractivity contribution is 14.1. The van der Waals surface area contributed by atoms with Crippen LogP contribution >= 0.6 is 22.6 Å². The van der Waals surface area contributed by atoms with Crippen molar-refractivity contribution < 1.29 is 14.2 Å². The van der Waals surface area contributed by atoms with E-state index in [1.807, 2.05) is 6.07 Å². The van der Waals surface area contributed by atoms with Gasteiger partial charge in [0, 0.05) is 35.2 Å². The standard InChI is InChI=1S/C28H37IN6O3/c1-19-17-37-13-11-34(19)27-23-6-7-24(21-5-8-25(36-3)22(15-21)16-30-10-4-9-29)31-26(23)32-28(33-27)35-12-14-38-18-20(35)2/h5-8,15,19-20,30H,4,9-14,16-18H2,1-3H3/t19-,20-/m0/s1. The highest BCUT2D eigenvalue weighted by atomic mass is 127. The van der Waals surface area contributed by atoms with Crippen LogP contribution in [0.2, 0.25) is 0 Å². The molecule has 38 heavy (non-hydrogen) atoms. The Morgan fingerprint density at radius 2 is 1.76 bits per heavy atom. The third-order valence-corrected chi connectivity index (χ3v) is 7.93. The molecule has 0 aliphatic carbocycles. The summed E-state index contributed by atoms with van der Waals surface area (Å²) in [6.07, 6.45) is 1.14. The smallest absolute Gasteiger partial charge is 0.229 e. The van der Waals surface area contributed by atoms with E-state index in [9.17, 15) is 0 Å². The second-order valence-corrected chi connectivity index (χ2v) is 11.0. The van der Waals surface area contributed by atoms with Crippen LogP contribution in [-0.4, -0.2) is 84.6 Å². The van der Waals surface area contributed by atoms with Crippen LogP contribution < -0.4 is 19.9 Å². The molecule has 2 aromatic heterocycles. The van der Waals surface area contributed by atoms with Crippen molar-refractivity contribution in [3.8, 4) is 17.0 Å². The van der Waals surface area contributed by atoms with Crippen LogP contribution in [0.5, 0.6) is 5.75 Å². The van der Waals surface area contributed by atoms with Crippen molar-refractivity contribution in [3.05, 3.63) is 35.9 Å². The number of fused-ring (bicyclic) bond motifs is 1. The molecule has 0 amide bonds. The fraction of sp³-hybridized carbons (Fsp3) is 0.536. The summed E-state index contributed by atoms with van der Waals surface area (Å²) in [7, 11) is 1.72. The maximum Gasteiger partial charge on any atom is 0.229 e. The second-order valence-electron chi connectivity index (χ2n) is 9.90. The Balaban J connectivity index is 1.55. The number of ether oxygens (including phenoxy) is 3. The lowest BCUT2D eigenvalue weighted by Gasteiger charge is -2.37. The largest absolute Gasteiger partial charge is 0.496 e. The number of hydrogen-bond acceptors (Lipinski definition) is 9. The van der Waals surface area contributed by atoms with Gasteiger partial charge in [0.1, 0.15) is 11.6 Å². The van der Waals surface area contributed by atoms with E-state index in [2.05, 4.69) is 75.8 Å². The molecule has 10 heteroatoms. The summed E-state index contributed by atoms with van der Waals surface area (Å²) >= 11 is 2.41. The molecule has 5 rings (SSSR count). The number of aromatic nitrogens is 3. The molecule has 204 valence electrons. The number of morpholine rings is 2. The molecule has 1 N–H and O–H groups in total. The molecule has 2 aliphatic heterocycles. The summed E-state index contributed by atoms with van der Waals surface area (Å²) in [5, 5.41) is 4.48. The molecule has 2 atom stereocenters. The summed E-state index contributed by atoms with van der Waals surface area (Å²) in [6, 6.07) is 10.9. The molecule has 0 unspecified atom stereocenters. The van der Waals surface area contributed by atoms with Crippen LogP contribution in [0.3, 0.4) is 0 Å². The van der Waals surface area contributed by atoms with Gasteiger partial charge in [-0.2, -0.15) is 9.97 Å². The van der Waals surface area contributed by atoms with Gasteiger partial charge in [0.05, 0.1) is 56.7 Å². The summed E-state index contributed by atoms with van der Waals surface area (Å²) in [4.78, 5) is 19.7. The Morgan fingerprint density at radius 3 is 2.47 bits per heavy atom. The van der Waals surface area contributed by atoms with Gasteiger partial charge >= 0.3 is 0 Å². The van der Waals surface area contributed by atoms with Gasteiger partial charge in [0.15, 0.2) is 5.65 Å². The maximum atomic E-state index is 5.71. The number of hydrogen-bond donors (Lipinski definition) is 1. The zero-order valence-corrected chi connectivity index (χ0v) is 24.6. The molecule has 3 aromatic rings. The molecule has 2 fully saturated rings. The Labute approximate surface area is 238 Å². The van der Waals surface area contributed by atoms with Crippen LogP contribution in [0.15, 0.2) is 30.3 Å². The van der Waals surface area contributed by atoms with Gasteiger partial charge in [-0.05, 0) is 57.1 Å². The number of nitrogens with one attached hydrogen (secondary N) is 1. The van der Waals surface area contributed by atoms with Crippen molar-refractivity contribution in [2.45, 2.75) is 38.9 Å². The van der Waals surface area contributed by atoms with E-state index in [0.29, 0.717) is 38.0 Å². The van der Waals surface area contributed by atoms with E-state index in [1.54, 1.807) is 7.11 Å². The highest BCUT2D eigenvalue weighted by Crippen LogP contribution is 2.32. The lowest BCUT2D eigenvalue weighted by atomic mass is 10.1. The first-order valence-electron chi connectivity index (χ1n) is 13.4. The monoisotopic (exact) mass is 632 g/mol. The predicted molar refractivity (Wildman–Crippen MR) is 160 cm³/mol. The van der Waals surface area contributed by atoms with Gasteiger partial charge in [0.25, 0.3) is 0 Å². The van der Waals surface area contributed by atoms with Crippen molar-refractivity contribution in [2.75, 3.05) is 67.4 Å². The first kappa shape index (κ1) is 27.3. The van der Waals surface area contributed by atoms with Gasteiger partial charge in [-0.3, -0.25) is 0 Å². The van der Waals surface area contributed by atoms with Crippen LogP contribution in [0.1, 0.15) is 25.8 Å². The zero-order chi connectivity index (χ0) is 26.5. The molecule has 0 spiro atoms. The molecule has 2 saturated heterocycles. The van der Waals surface area contributed by atoms with Crippen molar-refractivity contribution in [1.82, 2.24) is 20.3 Å². The molecule has 9 nitrogen and oxygen atoms in total. The number of nitrogens with zero attached hydrogens (tertiary/aromatic N) is 5. The van der Waals surface area contributed by atoms with E-state index >= 15 is 0 Å². The third kappa shape index (κ3) is 5.98. The number of alkyl halides is 1. The third-order valence-electron chi connectivity index (χ3n) is 7.17. The lowest BCUT2D eigenvalue weighted by Crippen LogP contribution is -2.46. The molecular formula is C28H37IN6O3. The molecule has 4 heterocycles. The van der Waals surface area contributed by atoms with Crippen LogP contribution in [0.25, 0.3) is 22.3 Å². The van der Waals surface area contributed by atoms with Crippen molar-refractivity contribution in [1.29, 1.82) is 0 Å². The van der Waals surface area contributed by atoms with E-state index < -0.39 is 0 Å². The number of halogens is 1. The Morgan fingerprint density at radius 1 is 1.00 bits per heavy atom. The van der Waals surface area contributed by atoms with Gasteiger partial charge in [-0.1, -0.05) is 22.6 Å². The van der Waals surface area contributed by atoms with Gasteiger partial charge < -0.3 is 29.3 Å². The summed E-state index contributed by atoms with van der Waals surface area (Å²) in [5.41, 5.74) is 3.75.